The number of benzene rings is 2. The SMILES string of the molecule is NC(Cc1ccccc1)C(=O)Nc1ccc(-c2ccncc2)cc1. The molecule has 0 radical (unpaired) electrons. The van der Waals surface area contributed by atoms with Gasteiger partial charge >= 0.3 is 0 Å². The van der Waals surface area contributed by atoms with Crippen LogP contribution in [0, 0.1) is 0 Å². The predicted octanol–water partition coefficient (Wildman–Crippen LogP) is 3.26. The van der Waals surface area contributed by atoms with Gasteiger partial charge in [0.15, 0.2) is 0 Å². The number of nitrogens with one attached hydrogen (secondary N) is 1. The second-order valence-electron chi connectivity index (χ2n) is 5.60. The van der Waals surface area contributed by atoms with Gasteiger partial charge in [-0.3, -0.25) is 9.78 Å². The zero-order valence-corrected chi connectivity index (χ0v) is 13.2. The largest absolute Gasteiger partial charge is 0.325 e. The van der Waals surface area contributed by atoms with Gasteiger partial charge in [-0.1, -0.05) is 42.5 Å². The molecule has 1 atom stereocenters. The second-order valence-corrected chi connectivity index (χ2v) is 5.60. The number of carbonyl (C=O) groups excluding carboxylic acids is 1. The molecule has 120 valence electrons. The van der Waals surface area contributed by atoms with Crippen LogP contribution in [0.1, 0.15) is 5.56 Å². The van der Waals surface area contributed by atoms with Gasteiger partial charge in [0.2, 0.25) is 5.91 Å². The first-order chi connectivity index (χ1) is 11.7. The fourth-order valence-electron chi connectivity index (χ4n) is 2.49. The predicted molar refractivity (Wildman–Crippen MR) is 96.4 cm³/mol. The Balaban J connectivity index is 1.62. The van der Waals surface area contributed by atoms with Gasteiger partial charge in [0.25, 0.3) is 0 Å². The van der Waals surface area contributed by atoms with Crippen molar-refractivity contribution in [1.82, 2.24) is 4.98 Å². The molecule has 0 aliphatic rings. The van der Waals surface area contributed by atoms with Crippen molar-refractivity contribution >= 4 is 11.6 Å². The van der Waals surface area contributed by atoms with Crippen LogP contribution in [0.3, 0.4) is 0 Å². The zero-order valence-electron chi connectivity index (χ0n) is 13.2. The molecule has 3 N–H and O–H groups in total. The minimum atomic E-state index is -0.577. The van der Waals surface area contributed by atoms with Crippen LogP contribution < -0.4 is 11.1 Å². The summed E-state index contributed by atoms with van der Waals surface area (Å²) in [6, 6.07) is 20.8. The first-order valence-corrected chi connectivity index (χ1v) is 7.83. The van der Waals surface area contributed by atoms with E-state index in [1.165, 1.54) is 0 Å². The molecule has 3 aromatic rings. The van der Waals surface area contributed by atoms with Crippen LogP contribution in [0.25, 0.3) is 11.1 Å². The van der Waals surface area contributed by atoms with E-state index < -0.39 is 6.04 Å². The number of nitrogens with zero attached hydrogens (tertiary/aromatic N) is 1. The summed E-state index contributed by atoms with van der Waals surface area (Å²) < 4.78 is 0. The number of anilines is 1. The quantitative estimate of drug-likeness (QED) is 0.759. The van der Waals surface area contributed by atoms with Gasteiger partial charge in [0.05, 0.1) is 6.04 Å². The van der Waals surface area contributed by atoms with Crippen molar-refractivity contribution in [2.45, 2.75) is 12.5 Å². The number of hydrogen-bond acceptors (Lipinski definition) is 3. The lowest BCUT2D eigenvalue weighted by Crippen LogP contribution is -2.37. The lowest BCUT2D eigenvalue weighted by atomic mass is 10.1. The van der Waals surface area contributed by atoms with Crippen molar-refractivity contribution in [2.75, 3.05) is 5.32 Å². The van der Waals surface area contributed by atoms with E-state index in [0.717, 1.165) is 22.4 Å². The van der Waals surface area contributed by atoms with Gasteiger partial charge in [0.1, 0.15) is 0 Å². The Morgan fingerprint density at radius 2 is 1.54 bits per heavy atom. The average molecular weight is 317 g/mol. The molecule has 1 heterocycles. The fraction of sp³-hybridized carbons (Fsp3) is 0.100. The molecule has 0 aliphatic heterocycles. The van der Waals surface area contributed by atoms with Crippen LogP contribution in [0.4, 0.5) is 5.69 Å². The van der Waals surface area contributed by atoms with E-state index in [0.29, 0.717) is 6.42 Å². The summed E-state index contributed by atoms with van der Waals surface area (Å²) in [5.74, 6) is -0.185. The lowest BCUT2D eigenvalue weighted by Gasteiger charge is -2.13. The summed E-state index contributed by atoms with van der Waals surface area (Å²) in [5.41, 5.74) is 9.95. The number of pyridine rings is 1. The van der Waals surface area contributed by atoms with Crippen molar-refractivity contribution in [3.63, 3.8) is 0 Å². The molecular formula is C20H19N3O. The first kappa shape index (κ1) is 15.9. The number of hydrogen-bond donors (Lipinski definition) is 2. The summed E-state index contributed by atoms with van der Waals surface area (Å²) in [5, 5.41) is 2.86. The van der Waals surface area contributed by atoms with Crippen molar-refractivity contribution in [3.8, 4) is 11.1 Å². The fourth-order valence-corrected chi connectivity index (χ4v) is 2.49. The summed E-state index contributed by atoms with van der Waals surface area (Å²) in [4.78, 5) is 16.2. The van der Waals surface area contributed by atoms with Crippen LogP contribution >= 0.6 is 0 Å². The molecule has 2 aromatic carbocycles. The van der Waals surface area contributed by atoms with E-state index in [1.807, 2.05) is 66.7 Å². The zero-order chi connectivity index (χ0) is 16.8. The minimum Gasteiger partial charge on any atom is -0.325 e. The smallest absolute Gasteiger partial charge is 0.241 e. The average Bonchev–Trinajstić information content (AvgIpc) is 2.64. The van der Waals surface area contributed by atoms with E-state index >= 15 is 0 Å². The lowest BCUT2D eigenvalue weighted by molar-refractivity contribution is -0.117. The Bertz CT molecular complexity index is 786. The molecule has 4 heteroatoms. The molecule has 1 aromatic heterocycles. The van der Waals surface area contributed by atoms with Gasteiger partial charge < -0.3 is 11.1 Å². The van der Waals surface area contributed by atoms with Crippen LogP contribution in [0.15, 0.2) is 79.1 Å². The van der Waals surface area contributed by atoms with Crippen LogP contribution in [-0.4, -0.2) is 16.9 Å². The van der Waals surface area contributed by atoms with Crippen LogP contribution in [-0.2, 0) is 11.2 Å². The summed E-state index contributed by atoms with van der Waals surface area (Å²) in [6.07, 6.45) is 4.03. The molecule has 24 heavy (non-hydrogen) atoms. The summed E-state index contributed by atoms with van der Waals surface area (Å²) >= 11 is 0. The molecule has 0 fully saturated rings. The number of aromatic nitrogens is 1. The highest BCUT2D eigenvalue weighted by Gasteiger charge is 2.14. The van der Waals surface area contributed by atoms with E-state index in [-0.39, 0.29) is 5.91 Å². The highest BCUT2D eigenvalue weighted by molar-refractivity contribution is 5.95. The monoisotopic (exact) mass is 317 g/mol. The van der Waals surface area contributed by atoms with Gasteiger partial charge in [-0.15, -0.1) is 0 Å². The third-order valence-corrected chi connectivity index (χ3v) is 3.80. The highest BCUT2D eigenvalue weighted by atomic mass is 16.2. The van der Waals surface area contributed by atoms with Gasteiger partial charge in [-0.2, -0.15) is 0 Å². The van der Waals surface area contributed by atoms with Crippen molar-refractivity contribution in [1.29, 1.82) is 0 Å². The van der Waals surface area contributed by atoms with Gasteiger partial charge in [-0.05, 0) is 47.4 Å². The minimum absolute atomic E-state index is 0.185. The molecule has 3 rings (SSSR count). The summed E-state index contributed by atoms with van der Waals surface area (Å²) in [7, 11) is 0. The normalized spacial score (nSPS) is 11.7. The van der Waals surface area contributed by atoms with Gasteiger partial charge in [-0.25, -0.2) is 0 Å². The van der Waals surface area contributed by atoms with E-state index in [9.17, 15) is 4.79 Å². The second kappa shape index (κ2) is 7.53. The molecule has 1 unspecified atom stereocenters. The number of nitrogens with two attached hydrogens (primary N) is 1. The van der Waals surface area contributed by atoms with E-state index in [4.69, 9.17) is 5.73 Å². The van der Waals surface area contributed by atoms with E-state index in [1.54, 1.807) is 12.4 Å². The molecule has 0 saturated carbocycles. The maximum atomic E-state index is 12.2. The molecule has 0 aliphatic carbocycles. The molecule has 0 spiro atoms. The molecule has 1 amide bonds. The summed E-state index contributed by atoms with van der Waals surface area (Å²) in [6.45, 7) is 0. The Labute approximate surface area is 141 Å². The maximum absolute atomic E-state index is 12.2. The number of amides is 1. The first-order valence-electron chi connectivity index (χ1n) is 7.83. The van der Waals surface area contributed by atoms with Crippen molar-refractivity contribution in [3.05, 3.63) is 84.7 Å². The molecular weight excluding hydrogens is 298 g/mol. The van der Waals surface area contributed by atoms with Gasteiger partial charge in [0, 0.05) is 18.1 Å². The van der Waals surface area contributed by atoms with Crippen molar-refractivity contribution in [2.24, 2.45) is 5.73 Å². The highest BCUT2D eigenvalue weighted by Crippen LogP contribution is 2.20. The molecule has 4 nitrogen and oxygen atoms in total. The Kier molecular flexibility index (Phi) is 4.99. The third kappa shape index (κ3) is 4.06. The molecule has 0 bridgehead atoms. The maximum Gasteiger partial charge on any atom is 0.241 e. The van der Waals surface area contributed by atoms with Crippen LogP contribution in [0.5, 0.6) is 0 Å². The van der Waals surface area contributed by atoms with Crippen molar-refractivity contribution < 1.29 is 4.79 Å². The Hall–Kier alpha value is -2.98. The third-order valence-electron chi connectivity index (χ3n) is 3.80. The number of carbonyl (C=O) groups is 1. The number of rotatable bonds is 5. The van der Waals surface area contributed by atoms with E-state index in [2.05, 4.69) is 10.3 Å². The Morgan fingerprint density at radius 1 is 0.917 bits per heavy atom. The Morgan fingerprint density at radius 3 is 2.21 bits per heavy atom. The standard InChI is InChI=1S/C20H19N3O/c21-19(14-15-4-2-1-3-5-15)20(24)23-18-8-6-16(7-9-18)17-10-12-22-13-11-17/h1-13,19H,14,21H2,(H,23,24). The topological polar surface area (TPSA) is 68.0 Å². The van der Waals surface area contributed by atoms with Crippen LogP contribution in [0.2, 0.25) is 0 Å². The molecule has 0 saturated heterocycles.